The van der Waals surface area contributed by atoms with Gasteiger partial charge in [-0.25, -0.2) is 0 Å². The van der Waals surface area contributed by atoms with Crippen LogP contribution in [-0.2, 0) is 0 Å². The maximum atomic E-state index is 8.78. The number of nitriles is 1. The van der Waals surface area contributed by atoms with E-state index in [1.165, 1.54) is 0 Å². The highest BCUT2D eigenvalue weighted by Gasteiger charge is 2.09. The molecule has 0 saturated carbocycles. The van der Waals surface area contributed by atoms with Crippen LogP contribution in [0.15, 0.2) is 24.3 Å². The van der Waals surface area contributed by atoms with Crippen molar-refractivity contribution in [1.29, 1.82) is 5.26 Å². The molecule has 3 nitrogen and oxygen atoms in total. The summed E-state index contributed by atoms with van der Waals surface area (Å²) < 4.78 is 0. The highest BCUT2D eigenvalue weighted by molar-refractivity contribution is 5.51. The van der Waals surface area contributed by atoms with Crippen LogP contribution in [-0.4, -0.2) is 26.2 Å². The summed E-state index contributed by atoms with van der Waals surface area (Å²) in [6.07, 6.45) is 0. The largest absolute Gasteiger partial charge is 0.369 e. The van der Waals surface area contributed by atoms with Gasteiger partial charge in [0, 0.05) is 31.9 Å². The van der Waals surface area contributed by atoms with Crippen LogP contribution in [0.4, 0.5) is 5.69 Å². The Kier molecular flexibility index (Phi) is 5.38. The molecule has 1 saturated heterocycles. The Morgan fingerprint density at radius 2 is 1.94 bits per heavy atom. The molecule has 0 unspecified atom stereocenters. The second-order valence-electron chi connectivity index (χ2n) is 3.40. The van der Waals surface area contributed by atoms with Crippen LogP contribution in [0.25, 0.3) is 0 Å². The van der Waals surface area contributed by atoms with E-state index in [0.29, 0.717) is 0 Å². The highest BCUT2D eigenvalue weighted by atomic mass is 15.2. The molecule has 1 N–H and O–H groups in total. The Labute approximate surface area is 97.7 Å². The highest BCUT2D eigenvalue weighted by Crippen LogP contribution is 2.15. The van der Waals surface area contributed by atoms with Crippen molar-refractivity contribution in [3.8, 4) is 6.07 Å². The third-order valence-corrected chi connectivity index (χ3v) is 2.46. The minimum Gasteiger partial charge on any atom is -0.369 e. The molecular formula is C13H19N3. The lowest BCUT2D eigenvalue weighted by atomic mass is 10.2. The lowest BCUT2D eigenvalue weighted by molar-refractivity contribution is 0.589. The van der Waals surface area contributed by atoms with Crippen molar-refractivity contribution in [2.24, 2.45) is 0 Å². The molecule has 3 heteroatoms. The van der Waals surface area contributed by atoms with Gasteiger partial charge in [-0.2, -0.15) is 5.26 Å². The summed E-state index contributed by atoms with van der Waals surface area (Å²) in [5.41, 5.74) is 1.89. The number of nitrogens with one attached hydrogen (secondary N) is 1. The average molecular weight is 217 g/mol. The van der Waals surface area contributed by atoms with Crippen LogP contribution >= 0.6 is 0 Å². The van der Waals surface area contributed by atoms with Crippen molar-refractivity contribution in [1.82, 2.24) is 5.32 Å². The van der Waals surface area contributed by atoms with Gasteiger partial charge in [-0.1, -0.05) is 19.9 Å². The van der Waals surface area contributed by atoms with Crippen molar-refractivity contribution in [2.75, 3.05) is 31.1 Å². The van der Waals surface area contributed by atoms with Gasteiger partial charge in [0.2, 0.25) is 0 Å². The lowest BCUT2D eigenvalue weighted by Crippen LogP contribution is -2.43. The van der Waals surface area contributed by atoms with E-state index < -0.39 is 0 Å². The fourth-order valence-electron chi connectivity index (χ4n) is 1.70. The summed E-state index contributed by atoms with van der Waals surface area (Å²) in [5, 5.41) is 12.1. The predicted octanol–water partition coefficient (Wildman–Crippen LogP) is 1.99. The zero-order valence-corrected chi connectivity index (χ0v) is 10.0. The fraction of sp³-hybridized carbons (Fsp3) is 0.462. The van der Waals surface area contributed by atoms with Crippen LogP contribution < -0.4 is 10.2 Å². The third kappa shape index (κ3) is 3.25. The molecule has 0 amide bonds. The number of hydrogen-bond donors (Lipinski definition) is 1. The maximum absolute atomic E-state index is 8.78. The minimum atomic E-state index is 0.737. The predicted molar refractivity (Wildman–Crippen MR) is 67.6 cm³/mol. The molecule has 1 aliphatic rings. The number of nitrogens with zero attached hydrogens (tertiary/aromatic N) is 2. The topological polar surface area (TPSA) is 39.1 Å². The monoisotopic (exact) mass is 217 g/mol. The van der Waals surface area contributed by atoms with Crippen LogP contribution in [0.1, 0.15) is 19.4 Å². The summed E-state index contributed by atoms with van der Waals surface area (Å²) in [4.78, 5) is 2.30. The molecule has 86 valence electrons. The Hall–Kier alpha value is -1.53. The van der Waals surface area contributed by atoms with Crippen LogP contribution in [0.3, 0.4) is 0 Å². The molecule has 0 aromatic heterocycles. The second kappa shape index (κ2) is 6.86. The van der Waals surface area contributed by atoms with E-state index in [1.54, 1.807) is 0 Å². The first kappa shape index (κ1) is 12.5. The van der Waals surface area contributed by atoms with Gasteiger partial charge in [0.15, 0.2) is 0 Å². The molecule has 1 aromatic rings. The molecule has 1 aromatic carbocycles. The minimum absolute atomic E-state index is 0.737. The Bertz CT molecular complexity index is 348. The molecule has 0 bridgehead atoms. The number of piperazine rings is 1. The van der Waals surface area contributed by atoms with Crippen LogP contribution in [0.2, 0.25) is 0 Å². The normalized spacial score (nSPS) is 14.7. The summed E-state index contributed by atoms with van der Waals surface area (Å²) in [6.45, 7) is 8.09. The number of anilines is 1. The maximum Gasteiger partial charge on any atom is 0.0992 e. The molecular weight excluding hydrogens is 198 g/mol. The standard InChI is InChI=1S/C11H13N3.C2H6/c12-9-10-2-1-3-11(8-10)14-6-4-13-5-7-14;1-2/h1-3,8,13H,4-7H2;1-2H3. The molecule has 1 aliphatic heterocycles. The summed E-state index contributed by atoms with van der Waals surface area (Å²) >= 11 is 0. The van der Waals surface area contributed by atoms with Gasteiger partial charge < -0.3 is 10.2 Å². The molecule has 0 atom stereocenters. The summed E-state index contributed by atoms with van der Waals surface area (Å²) in [6, 6.07) is 9.95. The molecule has 0 aliphatic carbocycles. The molecule has 16 heavy (non-hydrogen) atoms. The van der Waals surface area contributed by atoms with E-state index in [-0.39, 0.29) is 0 Å². The van der Waals surface area contributed by atoms with E-state index in [1.807, 2.05) is 32.0 Å². The Morgan fingerprint density at radius 1 is 1.25 bits per heavy atom. The number of benzene rings is 1. The first-order valence-corrected chi connectivity index (χ1v) is 5.86. The van der Waals surface area contributed by atoms with Crippen molar-refractivity contribution >= 4 is 5.69 Å². The molecule has 2 rings (SSSR count). The zero-order valence-electron chi connectivity index (χ0n) is 10.0. The van der Waals surface area contributed by atoms with Gasteiger partial charge in [-0.3, -0.25) is 0 Å². The van der Waals surface area contributed by atoms with Gasteiger partial charge in [0.1, 0.15) is 0 Å². The van der Waals surface area contributed by atoms with Gasteiger partial charge in [-0.05, 0) is 18.2 Å². The molecule has 0 spiro atoms. The van der Waals surface area contributed by atoms with Crippen molar-refractivity contribution < 1.29 is 0 Å². The Balaban J connectivity index is 0.000000606. The summed E-state index contributed by atoms with van der Waals surface area (Å²) in [7, 11) is 0. The Morgan fingerprint density at radius 3 is 2.56 bits per heavy atom. The molecule has 1 heterocycles. The van der Waals surface area contributed by atoms with E-state index in [4.69, 9.17) is 5.26 Å². The molecule has 1 fully saturated rings. The first-order chi connectivity index (χ1) is 7.90. The third-order valence-electron chi connectivity index (χ3n) is 2.46. The van der Waals surface area contributed by atoms with Crippen molar-refractivity contribution in [3.05, 3.63) is 29.8 Å². The number of hydrogen-bond acceptors (Lipinski definition) is 3. The van der Waals surface area contributed by atoms with Crippen LogP contribution in [0, 0.1) is 11.3 Å². The summed E-state index contributed by atoms with van der Waals surface area (Å²) in [5.74, 6) is 0. The average Bonchev–Trinajstić information content (AvgIpc) is 2.42. The molecule has 0 radical (unpaired) electrons. The van der Waals surface area contributed by atoms with Crippen LogP contribution in [0.5, 0.6) is 0 Å². The SMILES string of the molecule is CC.N#Cc1cccc(N2CCNCC2)c1. The van der Waals surface area contributed by atoms with Gasteiger partial charge in [0.05, 0.1) is 11.6 Å². The fourth-order valence-corrected chi connectivity index (χ4v) is 1.70. The van der Waals surface area contributed by atoms with E-state index in [9.17, 15) is 0 Å². The second-order valence-corrected chi connectivity index (χ2v) is 3.40. The van der Waals surface area contributed by atoms with Gasteiger partial charge >= 0.3 is 0 Å². The van der Waals surface area contributed by atoms with Gasteiger partial charge in [-0.15, -0.1) is 0 Å². The lowest BCUT2D eigenvalue weighted by Gasteiger charge is -2.29. The van der Waals surface area contributed by atoms with E-state index in [2.05, 4.69) is 22.4 Å². The van der Waals surface area contributed by atoms with Crippen molar-refractivity contribution in [2.45, 2.75) is 13.8 Å². The van der Waals surface area contributed by atoms with E-state index >= 15 is 0 Å². The number of rotatable bonds is 1. The van der Waals surface area contributed by atoms with Crippen molar-refractivity contribution in [3.63, 3.8) is 0 Å². The smallest absolute Gasteiger partial charge is 0.0992 e. The van der Waals surface area contributed by atoms with Gasteiger partial charge in [0.25, 0.3) is 0 Å². The first-order valence-electron chi connectivity index (χ1n) is 5.86. The van der Waals surface area contributed by atoms with E-state index in [0.717, 1.165) is 37.4 Å². The quantitative estimate of drug-likeness (QED) is 0.782. The zero-order chi connectivity index (χ0) is 11.8.